The van der Waals surface area contributed by atoms with Gasteiger partial charge >= 0.3 is 5.97 Å². The number of unbranched alkanes of at least 4 members (excludes halogenated alkanes) is 2. The first-order valence-electron chi connectivity index (χ1n) is 9.22. The van der Waals surface area contributed by atoms with Crippen molar-refractivity contribution in [1.29, 1.82) is 0 Å². The van der Waals surface area contributed by atoms with Gasteiger partial charge in [-0.25, -0.2) is 9.18 Å². The van der Waals surface area contributed by atoms with E-state index in [9.17, 15) is 18.8 Å². The van der Waals surface area contributed by atoms with Gasteiger partial charge in [-0.1, -0.05) is 6.42 Å². The number of nitrogens with two attached hydrogens (primary N) is 1. The molecule has 2 amide bonds. The van der Waals surface area contributed by atoms with Gasteiger partial charge in [0.05, 0.1) is 24.0 Å². The first-order valence-corrected chi connectivity index (χ1v) is 9.22. The monoisotopic (exact) mass is 401 g/mol. The Hall–Kier alpha value is -3.42. The van der Waals surface area contributed by atoms with E-state index in [0.29, 0.717) is 48.3 Å². The normalized spacial score (nSPS) is 10.3. The van der Waals surface area contributed by atoms with Crippen LogP contribution in [0.5, 0.6) is 0 Å². The van der Waals surface area contributed by atoms with E-state index in [1.807, 2.05) is 0 Å². The molecule has 29 heavy (non-hydrogen) atoms. The van der Waals surface area contributed by atoms with Gasteiger partial charge in [0.1, 0.15) is 5.82 Å². The quantitative estimate of drug-likeness (QED) is 0.337. The molecule has 0 fully saturated rings. The molecule has 0 atom stereocenters. The maximum Gasteiger partial charge on any atom is 0.337 e. The second-order valence-corrected chi connectivity index (χ2v) is 6.46. The molecule has 4 N–H and O–H groups in total. The minimum atomic E-state index is -0.514. The van der Waals surface area contributed by atoms with E-state index >= 15 is 0 Å². The summed E-state index contributed by atoms with van der Waals surface area (Å²) in [5.41, 5.74) is 7.38. The van der Waals surface area contributed by atoms with Crippen molar-refractivity contribution in [2.45, 2.75) is 32.1 Å². The number of methoxy groups -OCH3 is 1. The van der Waals surface area contributed by atoms with Crippen LogP contribution < -0.4 is 16.4 Å². The highest BCUT2D eigenvalue weighted by Gasteiger charge is 2.11. The minimum Gasteiger partial charge on any atom is -0.465 e. The second-order valence-electron chi connectivity index (χ2n) is 6.46. The lowest BCUT2D eigenvalue weighted by Gasteiger charge is -2.10. The van der Waals surface area contributed by atoms with Gasteiger partial charge in [0, 0.05) is 18.5 Å². The lowest BCUT2D eigenvalue weighted by molar-refractivity contribution is -0.116. The first-order chi connectivity index (χ1) is 13.9. The molecule has 0 radical (unpaired) electrons. The molecule has 154 valence electrons. The summed E-state index contributed by atoms with van der Waals surface area (Å²) in [4.78, 5) is 35.5. The lowest BCUT2D eigenvalue weighted by atomic mass is 10.1. The van der Waals surface area contributed by atoms with Crippen LogP contribution in [0.15, 0.2) is 42.5 Å². The van der Waals surface area contributed by atoms with Gasteiger partial charge in [0.25, 0.3) is 0 Å². The predicted molar refractivity (Wildman–Crippen MR) is 109 cm³/mol. The maximum atomic E-state index is 12.8. The van der Waals surface area contributed by atoms with Crippen LogP contribution in [0.2, 0.25) is 0 Å². The van der Waals surface area contributed by atoms with Crippen molar-refractivity contribution < 1.29 is 23.5 Å². The Morgan fingerprint density at radius 3 is 2.17 bits per heavy atom. The number of rotatable bonds is 9. The van der Waals surface area contributed by atoms with Gasteiger partial charge in [0.15, 0.2) is 0 Å². The Kier molecular flexibility index (Phi) is 8.14. The third kappa shape index (κ3) is 7.25. The van der Waals surface area contributed by atoms with E-state index in [0.717, 1.165) is 0 Å². The molecule has 2 aromatic carbocycles. The number of amides is 2. The van der Waals surface area contributed by atoms with E-state index < -0.39 is 5.97 Å². The number of anilines is 3. The molecule has 0 saturated carbocycles. The number of nitrogens with one attached hydrogen (secondary N) is 2. The number of esters is 1. The van der Waals surface area contributed by atoms with Crippen molar-refractivity contribution in [2.24, 2.45) is 0 Å². The molecule has 0 aliphatic heterocycles. The number of halogens is 1. The molecule has 0 saturated heterocycles. The Bertz CT molecular complexity index is 869. The summed E-state index contributed by atoms with van der Waals surface area (Å²) in [6, 6.07) is 10.1. The number of ether oxygens (including phenoxy) is 1. The maximum absolute atomic E-state index is 12.8. The molecule has 2 aromatic rings. The summed E-state index contributed by atoms with van der Waals surface area (Å²) in [6.45, 7) is 0. The van der Waals surface area contributed by atoms with Crippen LogP contribution in [-0.4, -0.2) is 24.9 Å². The summed E-state index contributed by atoms with van der Waals surface area (Å²) in [6.07, 6.45) is 2.50. The van der Waals surface area contributed by atoms with Gasteiger partial charge in [-0.3, -0.25) is 9.59 Å². The number of carbonyl (C=O) groups is 3. The summed E-state index contributed by atoms with van der Waals surface area (Å²) in [5.74, 6) is -1.26. The van der Waals surface area contributed by atoms with Gasteiger partial charge in [0.2, 0.25) is 11.8 Å². The van der Waals surface area contributed by atoms with Crippen LogP contribution in [0, 0.1) is 5.82 Å². The van der Waals surface area contributed by atoms with Gasteiger partial charge in [-0.15, -0.1) is 0 Å². The van der Waals surface area contributed by atoms with Crippen molar-refractivity contribution >= 4 is 34.8 Å². The van der Waals surface area contributed by atoms with E-state index in [1.165, 1.54) is 49.6 Å². The molecule has 8 heteroatoms. The van der Waals surface area contributed by atoms with Gasteiger partial charge < -0.3 is 21.1 Å². The summed E-state index contributed by atoms with van der Waals surface area (Å²) >= 11 is 0. The van der Waals surface area contributed by atoms with Crippen LogP contribution >= 0.6 is 0 Å². The highest BCUT2D eigenvalue weighted by Crippen LogP contribution is 2.21. The van der Waals surface area contributed by atoms with E-state index in [1.54, 1.807) is 0 Å². The fraction of sp³-hybridized carbons (Fsp3) is 0.286. The summed E-state index contributed by atoms with van der Waals surface area (Å²) in [5, 5.41) is 5.38. The molecule has 0 aromatic heterocycles. The average molecular weight is 401 g/mol. The van der Waals surface area contributed by atoms with E-state index in [4.69, 9.17) is 5.73 Å². The zero-order chi connectivity index (χ0) is 21.2. The van der Waals surface area contributed by atoms with Crippen molar-refractivity contribution in [1.82, 2.24) is 0 Å². The predicted octanol–water partition coefficient (Wildman–Crippen LogP) is 3.72. The standard InChI is InChI=1S/C21H24FN3O4/c1-29-21(28)14-7-12-17(23)18(13-14)25-20(27)6-4-2-3-5-19(26)24-16-10-8-15(22)9-11-16/h7-13H,2-6,23H2,1H3,(H,24,26)(H,25,27). The van der Waals surface area contributed by atoms with Crippen molar-refractivity contribution in [2.75, 3.05) is 23.5 Å². The molecule has 0 bridgehead atoms. The third-order valence-electron chi connectivity index (χ3n) is 4.18. The second kappa shape index (κ2) is 10.8. The Morgan fingerprint density at radius 1 is 0.931 bits per heavy atom. The summed E-state index contributed by atoms with van der Waals surface area (Å²) in [7, 11) is 1.27. The van der Waals surface area contributed by atoms with Crippen molar-refractivity contribution in [3.8, 4) is 0 Å². The zero-order valence-corrected chi connectivity index (χ0v) is 16.2. The summed E-state index contributed by atoms with van der Waals surface area (Å²) < 4.78 is 17.5. The number of carbonyl (C=O) groups excluding carboxylic acids is 3. The van der Waals surface area contributed by atoms with Crippen molar-refractivity contribution in [3.05, 3.63) is 53.8 Å². The lowest BCUT2D eigenvalue weighted by Crippen LogP contribution is -2.14. The molecular weight excluding hydrogens is 377 g/mol. The molecule has 0 spiro atoms. The number of nitrogen functional groups attached to an aromatic ring is 1. The third-order valence-corrected chi connectivity index (χ3v) is 4.18. The van der Waals surface area contributed by atoms with Crippen LogP contribution in [0.1, 0.15) is 42.5 Å². The average Bonchev–Trinajstić information content (AvgIpc) is 2.70. The highest BCUT2D eigenvalue weighted by molar-refractivity contribution is 5.97. The Balaban J connectivity index is 1.69. The topological polar surface area (TPSA) is 111 Å². The highest BCUT2D eigenvalue weighted by atomic mass is 19.1. The fourth-order valence-corrected chi connectivity index (χ4v) is 2.63. The fourth-order valence-electron chi connectivity index (χ4n) is 2.63. The molecular formula is C21H24FN3O4. The van der Waals surface area contributed by atoms with Gasteiger partial charge in [-0.2, -0.15) is 0 Å². The molecule has 0 aliphatic rings. The number of hydrogen-bond acceptors (Lipinski definition) is 5. The SMILES string of the molecule is COC(=O)c1ccc(N)c(NC(=O)CCCCCC(=O)Nc2ccc(F)cc2)c1. The molecule has 0 heterocycles. The minimum absolute atomic E-state index is 0.159. The van der Waals surface area contributed by atoms with Crippen LogP contribution in [-0.2, 0) is 14.3 Å². The van der Waals surface area contributed by atoms with Crippen molar-refractivity contribution in [3.63, 3.8) is 0 Å². The smallest absolute Gasteiger partial charge is 0.337 e. The van der Waals surface area contributed by atoms with Gasteiger partial charge in [-0.05, 0) is 55.3 Å². The number of benzene rings is 2. The Morgan fingerprint density at radius 2 is 1.55 bits per heavy atom. The first kappa shape index (κ1) is 21.9. The zero-order valence-electron chi connectivity index (χ0n) is 16.2. The molecule has 0 unspecified atom stereocenters. The van der Waals surface area contributed by atoms with Crippen LogP contribution in [0.3, 0.4) is 0 Å². The molecule has 0 aliphatic carbocycles. The molecule has 2 rings (SSSR count). The molecule has 7 nitrogen and oxygen atoms in total. The van der Waals surface area contributed by atoms with Crippen LogP contribution in [0.25, 0.3) is 0 Å². The van der Waals surface area contributed by atoms with E-state index in [-0.39, 0.29) is 24.1 Å². The Labute approximate surface area is 168 Å². The number of hydrogen-bond donors (Lipinski definition) is 3. The van der Waals surface area contributed by atoms with Crippen LogP contribution in [0.4, 0.5) is 21.5 Å². The van der Waals surface area contributed by atoms with E-state index in [2.05, 4.69) is 15.4 Å². The largest absolute Gasteiger partial charge is 0.465 e.